The smallest absolute Gasteiger partial charge is 0.0288 e. The third-order valence-electron chi connectivity index (χ3n) is 1.49. The lowest BCUT2D eigenvalue weighted by molar-refractivity contribution is -0.217. The highest BCUT2D eigenvalue weighted by atomic mass is 16.5. The van der Waals surface area contributed by atoms with Crippen molar-refractivity contribution in [2.24, 2.45) is 0 Å². The van der Waals surface area contributed by atoms with Crippen LogP contribution in [-0.4, -0.2) is 35.5 Å². The lowest BCUT2D eigenvalue weighted by atomic mass is 10.4. The lowest BCUT2D eigenvalue weighted by Gasteiger charge is -2.19. The molecule has 0 amide bonds. The van der Waals surface area contributed by atoms with Crippen molar-refractivity contribution >= 4 is 0 Å². The van der Waals surface area contributed by atoms with Crippen LogP contribution in [0.25, 0.3) is 0 Å². The summed E-state index contributed by atoms with van der Waals surface area (Å²) in [5, 5.41) is 11.9. The van der Waals surface area contributed by atoms with E-state index in [4.69, 9.17) is 5.21 Å². The second-order valence-corrected chi connectivity index (χ2v) is 2.15. The van der Waals surface area contributed by atoms with E-state index in [1.165, 1.54) is 18.0 Å². The molecule has 0 atom stereocenters. The normalized spacial score (nSPS) is 22.9. The van der Waals surface area contributed by atoms with Gasteiger partial charge in [0, 0.05) is 20.1 Å². The van der Waals surface area contributed by atoms with Crippen LogP contribution in [0, 0.1) is 0 Å². The third kappa shape index (κ3) is 1.18. The van der Waals surface area contributed by atoms with Crippen LogP contribution in [0.5, 0.6) is 0 Å². The van der Waals surface area contributed by atoms with E-state index in [-0.39, 0.29) is 0 Å². The van der Waals surface area contributed by atoms with E-state index in [2.05, 4.69) is 0 Å². The Morgan fingerprint density at radius 3 is 2.12 bits per heavy atom. The second-order valence-electron chi connectivity index (χ2n) is 2.15. The fourth-order valence-electron chi connectivity index (χ4n) is 0.990. The first-order valence-electron chi connectivity index (χ1n) is 2.98. The minimum Gasteiger partial charge on any atom is -0.299 e. The molecule has 3 nitrogen and oxygen atoms in total. The number of hydrogen-bond donors (Lipinski definition) is 1. The Bertz CT molecular complexity index is 68.8. The molecule has 0 radical (unpaired) electrons. The Morgan fingerprint density at radius 1 is 1.38 bits per heavy atom. The third-order valence-corrected chi connectivity index (χ3v) is 1.49. The van der Waals surface area contributed by atoms with Gasteiger partial charge in [-0.05, 0) is 12.8 Å². The molecule has 0 bridgehead atoms. The number of rotatable bonds is 1. The topological polar surface area (TPSA) is 26.7 Å². The number of hydrazine groups is 1. The Kier molecular flexibility index (Phi) is 1.83. The van der Waals surface area contributed by atoms with E-state index < -0.39 is 0 Å². The molecule has 8 heavy (non-hydrogen) atoms. The molecule has 1 fully saturated rings. The van der Waals surface area contributed by atoms with Gasteiger partial charge in [0.15, 0.2) is 0 Å². The Labute approximate surface area is 49.4 Å². The highest BCUT2D eigenvalue weighted by Crippen LogP contribution is 2.06. The average Bonchev–Trinajstić information content (AvgIpc) is 2.12. The first kappa shape index (κ1) is 6.01. The first-order chi connectivity index (χ1) is 3.80. The van der Waals surface area contributed by atoms with Crippen molar-refractivity contribution < 1.29 is 5.21 Å². The molecule has 1 aliphatic heterocycles. The summed E-state index contributed by atoms with van der Waals surface area (Å²) in [6.45, 7) is 2.01. The van der Waals surface area contributed by atoms with E-state index in [0.29, 0.717) is 0 Å². The molecule has 0 aliphatic carbocycles. The van der Waals surface area contributed by atoms with E-state index >= 15 is 0 Å². The van der Waals surface area contributed by atoms with Crippen LogP contribution in [0.15, 0.2) is 0 Å². The molecule has 1 rings (SSSR count). The number of hydrogen-bond acceptors (Lipinski definition) is 3. The van der Waals surface area contributed by atoms with Crippen LogP contribution in [0.3, 0.4) is 0 Å². The number of nitrogens with zero attached hydrogens (tertiary/aromatic N) is 2. The molecular formula is C5H12N2O. The molecule has 1 heterocycles. The summed E-state index contributed by atoms with van der Waals surface area (Å²) in [5.74, 6) is 0. The average molecular weight is 116 g/mol. The molecular weight excluding hydrogens is 104 g/mol. The molecule has 0 saturated carbocycles. The molecule has 0 spiro atoms. The Morgan fingerprint density at radius 2 is 1.88 bits per heavy atom. The molecule has 1 N–H and O–H groups in total. The Balaban J connectivity index is 2.24. The predicted octanol–water partition coefficient (Wildman–Crippen LogP) is 0.318. The van der Waals surface area contributed by atoms with E-state index in [1.54, 1.807) is 7.05 Å². The van der Waals surface area contributed by atoms with Crippen molar-refractivity contribution in [3.8, 4) is 0 Å². The van der Waals surface area contributed by atoms with Gasteiger partial charge in [-0.1, -0.05) is 0 Å². The minimum atomic E-state index is 1.01. The second kappa shape index (κ2) is 2.44. The van der Waals surface area contributed by atoms with Crippen molar-refractivity contribution in [1.82, 2.24) is 10.2 Å². The van der Waals surface area contributed by atoms with Gasteiger partial charge >= 0.3 is 0 Å². The van der Waals surface area contributed by atoms with Gasteiger partial charge in [0.2, 0.25) is 0 Å². The summed E-state index contributed by atoms with van der Waals surface area (Å²) in [7, 11) is 1.66. The van der Waals surface area contributed by atoms with E-state index in [9.17, 15) is 0 Å². The van der Waals surface area contributed by atoms with Crippen molar-refractivity contribution in [1.29, 1.82) is 0 Å². The Hall–Kier alpha value is -0.120. The zero-order valence-electron chi connectivity index (χ0n) is 5.17. The van der Waals surface area contributed by atoms with Crippen molar-refractivity contribution in [2.75, 3.05) is 20.1 Å². The van der Waals surface area contributed by atoms with Crippen molar-refractivity contribution in [3.05, 3.63) is 0 Å². The molecule has 48 valence electrons. The van der Waals surface area contributed by atoms with Gasteiger partial charge in [0.1, 0.15) is 0 Å². The summed E-state index contributed by atoms with van der Waals surface area (Å²) < 4.78 is 0. The quantitative estimate of drug-likeness (QED) is 0.500. The molecule has 3 heteroatoms. The fraction of sp³-hybridized carbons (Fsp3) is 1.00. The van der Waals surface area contributed by atoms with Crippen LogP contribution in [0.2, 0.25) is 0 Å². The monoisotopic (exact) mass is 116 g/mol. The predicted molar refractivity (Wildman–Crippen MR) is 30.4 cm³/mol. The van der Waals surface area contributed by atoms with E-state index in [1.807, 2.05) is 5.01 Å². The van der Waals surface area contributed by atoms with Crippen LogP contribution < -0.4 is 0 Å². The first-order valence-corrected chi connectivity index (χ1v) is 2.98. The summed E-state index contributed by atoms with van der Waals surface area (Å²) in [6, 6.07) is 0. The number of hydroxylamine groups is 1. The van der Waals surface area contributed by atoms with Gasteiger partial charge in [0.25, 0.3) is 0 Å². The largest absolute Gasteiger partial charge is 0.299 e. The zero-order chi connectivity index (χ0) is 5.98. The van der Waals surface area contributed by atoms with Gasteiger partial charge in [0.05, 0.1) is 0 Å². The van der Waals surface area contributed by atoms with Crippen LogP contribution in [-0.2, 0) is 0 Å². The molecule has 0 aromatic heterocycles. The highest BCUT2D eigenvalue weighted by Gasteiger charge is 2.13. The van der Waals surface area contributed by atoms with Crippen LogP contribution in [0.1, 0.15) is 12.8 Å². The van der Waals surface area contributed by atoms with Crippen molar-refractivity contribution in [2.45, 2.75) is 12.8 Å². The minimum absolute atomic E-state index is 1.01. The fourth-order valence-corrected chi connectivity index (χ4v) is 0.990. The van der Waals surface area contributed by atoms with Crippen molar-refractivity contribution in [3.63, 3.8) is 0 Å². The molecule has 0 aromatic carbocycles. The van der Waals surface area contributed by atoms with Gasteiger partial charge < -0.3 is 0 Å². The van der Waals surface area contributed by atoms with Gasteiger partial charge in [-0.2, -0.15) is 0 Å². The maximum atomic E-state index is 8.81. The SMILES string of the molecule is CN(O)N1CCCC1. The summed E-state index contributed by atoms with van der Waals surface area (Å²) >= 11 is 0. The zero-order valence-corrected chi connectivity index (χ0v) is 5.17. The molecule has 1 saturated heterocycles. The lowest BCUT2D eigenvalue weighted by Crippen LogP contribution is -2.34. The summed E-state index contributed by atoms with van der Waals surface area (Å²) in [6.07, 6.45) is 2.43. The molecule has 0 aromatic rings. The van der Waals surface area contributed by atoms with Crippen LogP contribution in [0.4, 0.5) is 0 Å². The maximum absolute atomic E-state index is 8.81. The van der Waals surface area contributed by atoms with E-state index in [0.717, 1.165) is 13.1 Å². The standard InChI is InChI=1S/C5H12N2O/c1-6(8)7-4-2-3-5-7/h8H,2-5H2,1H3. The van der Waals surface area contributed by atoms with Gasteiger partial charge in [-0.25, -0.2) is 5.01 Å². The molecule has 0 unspecified atom stereocenters. The molecule has 1 aliphatic rings. The highest BCUT2D eigenvalue weighted by molar-refractivity contribution is 4.58. The van der Waals surface area contributed by atoms with Gasteiger partial charge in [-0.15, -0.1) is 5.17 Å². The summed E-state index contributed by atoms with van der Waals surface area (Å²) in [4.78, 5) is 0. The maximum Gasteiger partial charge on any atom is 0.0288 e. The van der Waals surface area contributed by atoms with Gasteiger partial charge in [-0.3, -0.25) is 5.21 Å². The summed E-state index contributed by atoms with van der Waals surface area (Å²) in [5.41, 5.74) is 0. The van der Waals surface area contributed by atoms with Crippen LogP contribution >= 0.6 is 0 Å².